The lowest BCUT2D eigenvalue weighted by atomic mass is 9.81. The molecule has 0 saturated carbocycles. The van der Waals surface area contributed by atoms with Crippen molar-refractivity contribution >= 4 is 34.8 Å². The standard InChI is InChI=1S/C18H14N2O6/c1-7(21)19-9-3-5-11(23)15-13(9)17(25)16-12(24)6-4-10(20-8(2)22)14(16)18(15)26/h3-6,23-24H,1-2H3,(H,19,21)(H,20,22). The Labute approximate surface area is 147 Å². The summed E-state index contributed by atoms with van der Waals surface area (Å²) in [4.78, 5) is 48.7. The van der Waals surface area contributed by atoms with Crippen LogP contribution in [0, 0.1) is 0 Å². The fourth-order valence-electron chi connectivity index (χ4n) is 2.95. The molecule has 8 heteroatoms. The molecular formula is C18H14N2O6. The third kappa shape index (κ3) is 2.57. The van der Waals surface area contributed by atoms with Gasteiger partial charge in [0.05, 0.1) is 33.6 Å². The SMILES string of the molecule is CC(=O)Nc1ccc(O)c2c1C(=O)c1c(O)ccc(NC(C)=O)c1C2=O. The van der Waals surface area contributed by atoms with Crippen molar-refractivity contribution in [2.45, 2.75) is 13.8 Å². The van der Waals surface area contributed by atoms with Crippen LogP contribution in [0.25, 0.3) is 0 Å². The highest BCUT2D eigenvalue weighted by Crippen LogP contribution is 2.42. The minimum Gasteiger partial charge on any atom is -0.507 e. The molecule has 0 bridgehead atoms. The van der Waals surface area contributed by atoms with Crippen LogP contribution in [-0.2, 0) is 9.59 Å². The second kappa shape index (κ2) is 5.99. The summed E-state index contributed by atoms with van der Waals surface area (Å²) >= 11 is 0. The maximum atomic E-state index is 13.0. The predicted molar refractivity (Wildman–Crippen MR) is 91.7 cm³/mol. The molecule has 3 rings (SSSR count). The Morgan fingerprint density at radius 3 is 1.35 bits per heavy atom. The third-order valence-electron chi connectivity index (χ3n) is 3.90. The highest BCUT2D eigenvalue weighted by atomic mass is 16.3. The van der Waals surface area contributed by atoms with E-state index in [-0.39, 0.29) is 33.6 Å². The van der Waals surface area contributed by atoms with E-state index in [4.69, 9.17) is 0 Å². The van der Waals surface area contributed by atoms with Crippen LogP contribution in [0.5, 0.6) is 11.5 Å². The molecule has 0 atom stereocenters. The molecule has 0 spiro atoms. The lowest BCUT2D eigenvalue weighted by molar-refractivity contribution is -0.115. The topological polar surface area (TPSA) is 133 Å². The number of ketones is 2. The average Bonchev–Trinajstić information content (AvgIpc) is 2.54. The smallest absolute Gasteiger partial charge is 0.221 e. The molecule has 26 heavy (non-hydrogen) atoms. The van der Waals surface area contributed by atoms with E-state index in [1.165, 1.54) is 38.1 Å². The molecule has 0 heterocycles. The van der Waals surface area contributed by atoms with Crippen molar-refractivity contribution in [2.75, 3.05) is 10.6 Å². The van der Waals surface area contributed by atoms with Crippen LogP contribution in [0.15, 0.2) is 24.3 Å². The Hall–Kier alpha value is -3.68. The molecule has 1 aliphatic carbocycles. The number of amides is 2. The van der Waals surface area contributed by atoms with Gasteiger partial charge in [0.15, 0.2) is 0 Å². The minimum atomic E-state index is -0.751. The van der Waals surface area contributed by atoms with Gasteiger partial charge >= 0.3 is 0 Å². The molecule has 4 N–H and O–H groups in total. The van der Waals surface area contributed by atoms with Gasteiger partial charge in [-0.1, -0.05) is 0 Å². The maximum absolute atomic E-state index is 13.0. The summed E-state index contributed by atoms with van der Waals surface area (Å²) in [6.45, 7) is 2.46. The Morgan fingerprint density at radius 1 is 0.692 bits per heavy atom. The van der Waals surface area contributed by atoms with Crippen LogP contribution >= 0.6 is 0 Å². The van der Waals surface area contributed by atoms with Crippen LogP contribution in [0.3, 0.4) is 0 Å². The van der Waals surface area contributed by atoms with Crippen molar-refractivity contribution in [3.8, 4) is 11.5 Å². The first-order valence-corrected chi connectivity index (χ1v) is 7.59. The van der Waals surface area contributed by atoms with Gasteiger partial charge in [0.1, 0.15) is 11.5 Å². The molecule has 0 aromatic heterocycles. The molecule has 2 aromatic rings. The number of aromatic hydroxyl groups is 2. The van der Waals surface area contributed by atoms with Crippen LogP contribution in [0.4, 0.5) is 11.4 Å². The summed E-state index contributed by atoms with van der Waals surface area (Å²) in [7, 11) is 0. The number of carbonyl (C=O) groups is 4. The normalized spacial score (nSPS) is 12.2. The van der Waals surface area contributed by atoms with E-state index in [0.717, 1.165) is 0 Å². The van der Waals surface area contributed by atoms with Gasteiger partial charge in [-0.15, -0.1) is 0 Å². The van der Waals surface area contributed by atoms with Crippen molar-refractivity contribution in [3.63, 3.8) is 0 Å². The summed E-state index contributed by atoms with van der Waals surface area (Å²) in [5.74, 6) is -3.34. The largest absolute Gasteiger partial charge is 0.507 e. The Kier molecular flexibility index (Phi) is 3.96. The van der Waals surface area contributed by atoms with E-state index in [1.807, 2.05) is 0 Å². The molecular weight excluding hydrogens is 340 g/mol. The van der Waals surface area contributed by atoms with Crippen molar-refractivity contribution in [3.05, 3.63) is 46.5 Å². The number of phenolic OH excluding ortho intramolecular Hbond substituents is 2. The number of benzene rings is 2. The minimum absolute atomic E-state index is 0.0404. The quantitative estimate of drug-likeness (QED) is 0.519. The molecule has 1 aliphatic rings. The summed E-state index contributed by atoms with van der Waals surface area (Å²) in [6.07, 6.45) is 0. The number of hydrogen-bond acceptors (Lipinski definition) is 6. The molecule has 0 aliphatic heterocycles. The average molecular weight is 354 g/mol. The second-order valence-corrected chi connectivity index (χ2v) is 5.79. The Balaban J connectivity index is 2.33. The van der Waals surface area contributed by atoms with Gasteiger partial charge in [-0.3, -0.25) is 19.2 Å². The molecule has 0 unspecified atom stereocenters. The number of rotatable bonds is 2. The lowest BCUT2D eigenvalue weighted by Crippen LogP contribution is -2.25. The van der Waals surface area contributed by atoms with Gasteiger partial charge in [0.2, 0.25) is 23.4 Å². The summed E-state index contributed by atoms with van der Waals surface area (Å²) in [5.41, 5.74) is -0.949. The van der Waals surface area contributed by atoms with Crippen LogP contribution < -0.4 is 10.6 Å². The Morgan fingerprint density at radius 2 is 1.04 bits per heavy atom. The molecule has 0 fully saturated rings. The second-order valence-electron chi connectivity index (χ2n) is 5.79. The van der Waals surface area contributed by atoms with Crippen molar-refractivity contribution < 1.29 is 29.4 Å². The number of hydrogen-bond donors (Lipinski definition) is 4. The van der Waals surface area contributed by atoms with Crippen molar-refractivity contribution in [1.29, 1.82) is 0 Å². The number of carbonyl (C=O) groups excluding carboxylic acids is 4. The zero-order chi connectivity index (χ0) is 19.2. The molecule has 8 nitrogen and oxygen atoms in total. The van der Waals surface area contributed by atoms with E-state index in [2.05, 4.69) is 10.6 Å². The fraction of sp³-hybridized carbons (Fsp3) is 0.111. The van der Waals surface area contributed by atoms with Gasteiger partial charge in [0.25, 0.3) is 0 Å². The number of anilines is 2. The number of fused-ring (bicyclic) bond motifs is 2. The third-order valence-corrected chi connectivity index (χ3v) is 3.90. The molecule has 2 aromatic carbocycles. The van der Waals surface area contributed by atoms with Gasteiger partial charge in [0, 0.05) is 13.8 Å². The highest BCUT2D eigenvalue weighted by molar-refractivity contribution is 6.34. The van der Waals surface area contributed by atoms with Gasteiger partial charge in [-0.05, 0) is 24.3 Å². The first kappa shape index (κ1) is 17.2. The zero-order valence-corrected chi connectivity index (χ0v) is 13.8. The van der Waals surface area contributed by atoms with E-state index in [0.29, 0.717) is 0 Å². The summed E-state index contributed by atoms with van der Waals surface area (Å²) in [5, 5.41) is 25.1. The highest BCUT2D eigenvalue weighted by Gasteiger charge is 2.38. The molecule has 132 valence electrons. The number of nitrogens with one attached hydrogen (secondary N) is 2. The van der Waals surface area contributed by atoms with Crippen molar-refractivity contribution in [1.82, 2.24) is 0 Å². The summed E-state index contributed by atoms with van der Waals surface area (Å²) < 4.78 is 0. The molecule has 2 amide bonds. The fourth-order valence-corrected chi connectivity index (χ4v) is 2.95. The van der Waals surface area contributed by atoms with Crippen molar-refractivity contribution in [2.24, 2.45) is 0 Å². The summed E-state index contributed by atoms with van der Waals surface area (Å²) in [6, 6.07) is 4.95. The lowest BCUT2D eigenvalue weighted by Gasteiger charge is -2.23. The first-order chi connectivity index (χ1) is 12.2. The van der Waals surface area contributed by atoms with Crippen LogP contribution in [-0.4, -0.2) is 33.6 Å². The monoisotopic (exact) mass is 354 g/mol. The first-order valence-electron chi connectivity index (χ1n) is 7.59. The molecule has 0 saturated heterocycles. The zero-order valence-electron chi connectivity index (χ0n) is 13.8. The van der Waals surface area contributed by atoms with E-state index < -0.39 is 34.9 Å². The Bertz CT molecular complexity index is 928. The predicted octanol–water partition coefficient (Wildman–Crippen LogP) is 1.79. The van der Waals surface area contributed by atoms with E-state index in [1.54, 1.807) is 0 Å². The maximum Gasteiger partial charge on any atom is 0.221 e. The van der Waals surface area contributed by atoms with Crippen LogP contribution in [0.2, 0.25) is 0 Å². The van der Waals surface area contributed by atoms with Crippen LogP contribution in [0.1, 0.15) is 45.7 Å². The number of phenols is 2. The van der Waals surface area contributed by atoms with E-state index in [9.17, 15) is 29.4 Å². The van der Waals surface area contributed by atoms with E-state index >= 15 is 0 Å². The van der Waals surface area contributed by atoms with Gasteiger partial charge < -0.3 is 20.8 Å². The molecule has 0 radical (unpaired) electrons. The van der Waals surface area contributed by atoms with Gasteiger partial charge in [-0.25, -0.2) is 0 Å². The van der Waals surface area contributed by atoms with Gasteiger partial charge in [-0.2, -0.15) is 0 Å².